The van der Waals surface area contributed by atoms with E-state index in [0.717, 1.165) is 5.56 Å². The van der Waals surface area contributed by atoms with Gasteiger partial charge in [-0.2, -0.15) is 0 Å². The summed E-state index contributed by atoms with van der Waals surface area (Å²) >= 11 is 0. The van der Waals surface area contributed by atoms with Gasteiger partial charge in [0.05, 0.1) is 26.6 Å². The summed E-state index contributed by atoms with van der Waals surface area (Å²) in [6.07, 6.45) is 0. The first-order valence-electron chi connectivity index (χ1n) is 10.4. The minimum Gasteiger partial charge on any atom is -0.355 e. The van der Waals surface area contributed by atoms with Crippen molar-refractivity contribution in [2.75, 3.05) is 5.32 Å². The second-order valence-corrected chi connectivity index (χ2v) is 9.79. The van der Waals surface area contributed by atoms with Crippen LogP contribution in [0.5, 0.6) is 0 Å². The Balaban J connectivity index is 1.77. The van der Waals surface area contributed by atoms with Crippen LogP contribution in [-0.4, -0.2) is 20.0 Å². The molecular formula is C27H19NO4S. The third-order valence-corrected chi connectivity index (χ3v) is 7.52. The number of carbonyl (C=O) groups excluding carboxylic acids is 2. The van der Waals surface area contributed by atoms with Gasteiger partial charge in [-0.1, -0.05) is 60.2 Å². The number of hydrogen-bond acceptors (Lipinski definition) is 5. The number of ketones is 2. The highest BCUT2D eigenvalue weighted by atomic mass is 32.2. The largest absolute Gasteiger partial charge is 0.355 e. The normalized spacial score (nSPS) is 12.8. The van der Waals surface area contributed by atoms with Crippen molar-refractivity contribution in [3.63, 3.8) is 0 Å². The molecule has 1 N–H and O–H groups in total. The van der Waals surface area contributed by atoms with Crippen LogP contribution >= 0.6 is 0 Å². The van der Waals surface area contributed by atoms with Gasteiger partial charge in [-0.05, 0) is 43.3 Å². The zero-order valence-corrected chi connectivity index (χ0v) is 18.5. The number of para-hydroxylation sites is 1. The van der Waals surface area contributed by atoms with Gasteiger partial charge in [0, 0.05) is 16.8 Å². The maximum absolute atomic E-state index is 13.6. The molecule has 5 nitrogen and oxygen atoms in total. The van der Waals surface area contributed by atoms with E-state index in [1.165, 1.54) is 18.2 Å². The third kappa shape index (κ3) is 3.45. The first kappa shape index (κ1) is 20.8. The van der Waals surface area contributed by atoms with E-state index in [9.17, 15) is 18.0 Å². The van der Waals surface area contributed by atoms with Gasteiger partial charge in [-0.25, -0.2) is 8.42 Å². The van der Waals surface area contributed by atoms with Gasteiger partial charge >= 0.3 is 0 Å². The Kier molecular flexibility index (Phi) is 4.95. The van der Waals surface area contributed by atoms with Crippen molar-refractivity contribution < 1.29 is 18.0 Å². The maximum atomic E-state index is 13.6. The van der Waals surface area contributed by atoms with Crippen molar-refractivity contribution in [3.05, 3.63) is 119 Å². The molecular weight excluding hydrogens is 434 g/mol. The van der Waals surface area contributed by atoms with E-state index in [-0.39, 0.29) is 37.8 Å². The molecule has 1 aliphatic rings. The Morgan fingerprint density at radius 3 is 1.85 bits per heavy atom. The summed E-state index contributed by atoms with van der Waals surface area (Å²) in [5.41, 5.74) is 2.44. The molecule has 0 radical (unpaired) electrons. The smallest absolute Gasteiger partial charge is 0.207 e. The first-order valence-corrected chi connectivity index (χ1v) is 11.9. The van der Waals surface area contributed by atoms with E-state index in [1.807, 2.05) is 37.3 Å². The van der Waals surface area contributed by atoms with Crippen LogP contribution in [-0.2, 0) is 9.84 Å². The maximum Gasteiger partial charge on any atom is 0.207 e. The molecule has 5 rings (SSSR count). The zero-order chi connectivity index (χ0) is 23.2. The first-order chi connectivity index (χ1) is 15.9. The average Bonchev–Trinajstić information content (AvgIpc) is 2.83. The number of nitrogens with one attached hydrogen (secondary N) is 1. The molecule has 0 saturated carbocycles. The molecule has 4 aromatic carbocycles. The molecule has 0 unspecified atom stereocenters. The predicted octanol–water partition coefficient (Wildman–Crippen LogP) is 5.35. The lowest BCUT2D eigenvalue weighted by Gasteiger charge is -2.23. The quantitative estimate of drug-likeness (QED) is 0.397. The fourth-order valence-electron chi connectivity index (χ4n) is 4.04. The number of carbonyl (C=O) groups is 2. The molecule has 0 aromatic heterocycles. The second-order valence-electron chi connectivity index (χ2n) is 7.87. The Morgan fingerprint density at radius 2 is 1.21 bits per heavy atom. The number of aryl methyl sites for hydroxylation is 1. The topological polar surface area (TPSA) is 80.3 Å². The van der Waals surface area contributed by atoms with Crippen molar-refractivity contribution in [2.24, 2.45) is 0 Å². The van der Waals surface area contributed by atoms with E-state index in [0.29, 0.717) is 11.4 Å². The molecule has 1 aliphatic carbocycles. The van der Waals surface area contributed by atoms with Crippen molar-refractivity contribution in [1.82, 2.24) is 0 Å². The molecule has 33 heavy (non-hydrogen) atoms. The summed E-state index contributed by atoms with van der Waals surface area (Å²) in [5.74, 6) is -0.873. The lowest BCUT2D eigenvalue weighted by atomic mass is 9.83. The molecule has 6 heteroatoms. The van der Waals surface area contributed by atoms with E-state index in [1.54, 1.807) is 42.5 Å². The van der Waals surface area contributed by atoms with Gasteiger partial charge in [0.2, 0.25) is 9.84 Å². The highest BCUT2D eigenvalue weighted by molar-refractivity contribution is 7.91. The molecule has 162 valence electrons. The Labute approximate surface area is 191 Å². The summed E-state index contributed by atoms with van der Waals surface area (Å²) < 4.78 is 27.1. The van der Waals surface area contributed by atoms with Crippen LogP contribution in [0.15, 0.2) is 101 Å². The molecule has 0 aliphatic heterocycles. The summed E-state index contributed by atoms with van der Waals surface area (Å²) in [5, 5.41) is 3.17. The minimum atomic E-state index is -4.05. The number of sulfone groups is 1. The molecule has 4 aromatic rings. The van der Waals surface area contributed by atoms with E-state index < -0.39 is 15.6 Å². The number of benzene rings is 4. The monoisotopic (exact) mass is 453 g/mol. The number of anilines is 2. The fraction of sp³-hybridized carbons (Fsp3) is 0.0370. The van der Waals surface area contributed by atoms with Crippen LogP contribution in [0.25, 0.3) is 0 Å². The Hall–Kier alpha value is -4.03. The van der Waals surface area contributed by atoms with Crippen LogP contribution in [0.1, 0.15) is 37.4 Å². The molecule has 0 spiro atoms. The van der Waals surface area contributed by atoms with Crippen LogP contribution < -0.4 is 5.32 Å². The van der Waals surface area contributed by atoms with Gasteiger partial charge in [-0.3, -0.25) is 9.59 Å². The molecule has 0 heterocycles. The van der Waals surface area contributed by atoms with E-state index >= 15 is 0 Å². The van der Waals surface area contributed by atoms with E-state index in [2.05, 4.69) is 5.32 Å². The molecule has 0 bridgehead atoms. The Morgan fingerprint density at radius 1 is 0.636 bits per heavy atom. The number of rotatable bonds is 4. The SMILES string of the molecule is Cc1ccc(S(=O)(=O)c2ccc(Nc3ccccc3)c3c2C(=O)c2ccccc2C3=O)cc1. The molecule has 0 amide bonds. The van der Waals surface area contributed by atoms with Crippen LogP contribution in [0.2, 0.25) is 0 Å². The summed E-state index contributed by atoms with van der Waals surface area (Å²) in [6, 6.07) is 25.1. The summed E-state index contributed by atoms with van der Waals surface area (Å²) in [4.78, 5) is 27.0. The standard InChI is InChI=1S/C27H19NO4S/c1-17-11-13-19(14-12-17)33(31,32)23-16-15-22(28-18-7-3-2-4-8-18)24-25(23)27(30)21-10-6-5-9-20(21)26(24)29/h2-16,28H,1H3. The number of fused-ring (bicyclic) bond motifs is 2. The van der Waals surface area contributed by atoms with Crippen LogP contribution in [0.4, 0.5) is 11.4 Å². The molecule has 0 saturated heterocycles. The number of hydrogen-bond donors (Lipinski definition) is 1. The van der Waals surface area contributed by atoms with Gasteiger partial charge in [0.25, 0.3) is 0 Å². The fourth-order valence-corrected chi connectivity index (χ4v) is 5.50. The third-order valence-electron chi connectivity index (χ3n) is 5.71. The van der Waals surface area contributed by atoms with Gasteiger partial charge in [0.1, 0.15) is 0 Å². The van der Waals surface area contributed by atoms with Crippen molar-refractivity contribution in [1.29, 1.82) is 0 Å². The van der Waals surface area contributed by atoms with Crippen molar-refractivity contribution in [3.8, 4) is 0 Å². The van der Waals surface area contributed by atoms with Gasteiger partial charge < -0.3 is 5.32 Å². The Bertz CT molecular complexity index is 1520. The lowest BCUT2D eigenvalue weighted by Crippen LogP contribution is -2.25. The van der Waals surface area contributed by atoms with Gasteiger partial charge in [0.15, 0.2) is 11.6 Å². The minimum absolute atomic E-state index is 0.0655. The molecule has 0 atom stereocenters. The van der Waals surface area contributed by atoms with Crippen molar-refractivity contribution >= 4 is 32.8 Å². The van der Waals surface area contributed by atoms with Crippen LogP contribution in [0, 0.1) is 6.92 Å². The lowest BCUT2D eigenvalue weighted by molar-refractivity contribution is 0.0977. The van der Waals surface area contributed by atoms with Crippen molar-refractivity contribution in [2.45, 2.75) is 16.7 Å². The van der Waals surface area contributed by atoms with E-state index in [4.69, 9.17) is 0 Å². The summed E-state index contributed by atoms with van der Waals surface area (Å²) in [6.45, 7) is 1.86. The highest BCUT2D eigenvalue weighted by Gasteiger charge is 2.37. The zero-order valence-electron chi connectivity index (χ0n) is 17.7. The highest BCUT2D eigenvalue weighted by Crippen LogP contribution is 2.38. The predicted molar refractivity (Wildman–Crippen MR) is 126 cm³/mol. The summed E-state index contributed by atoms with van der Waals surface area (Å²) in [7, 11) is -4.05. The molecule has 0 fully saturated rings. The second kappa shape index (κ2) is 7.83. The van der Waals surface area contributed by atoms with Crippen LogP contribution in [0.3, 0.4) is 0 Å². The van der Waals surface area contributed by atoms with Gasteiger partial charge in [-0.15, -0.1) is 0 Å². The average molecular weight is 454 g/mol.